The average molecular weight is 399 g/mol. The van der Waals surface area contributed by atoms with Gasteiger partial charge in [-0.15, -0.1) is 10.2 Å². The number of benzene rings is 3. The van der Waals surface area contributed by atoms with Crippen molar-refractivity contribution in [1.29, 1.82) is 5.26 Å². The molecule has 4 rings (SSSR count). The number of nitro benzene ring substituents is 1. The van der Waals surface area contributed by atoms with Gasteiger partial charge >= 0.3 is 0 Å². The smallest absolute Gasteiger partial charge is 0.270 e. The van der Waals surface area contributed by atoms with E-state index in [1.54, 1.807) is 0 Å². The highest BCUT2D eigenvalue weighted by molar-refractivity contribution is 6.00. The Bertz CT molecular complexity index is 1160. The lowest BCUT2D eigenvalue weighted by atomic mass is 9.95. The maximum absolute atomic E-state index is 10.9. The average Bonchev–Trinajstić information content (AvgIpc) is 2.79. The third-order valence-electron chi connectivity index (χ3n) is 5.44. The normalized spacial score (nSPS) is 14.6. The fourth-order valence-corrected chi connectivity index (χ4v) is 3.89. The lowest BCUT2D eigenvalue weighted by Crippen LogP contribution is -2.22. The van der Waals surface area contributed by atoms with E-state index in [1.807, 2.05) is 36.4 Å². The second-order valence-electron chi connectivity index (χ2n) is 7.43. The number of fused-ring (bicyclic) bond motifs is 1. The monoisotopic (exact) mass is 399 g/mol. The number of rotatable bonds is 5. The number of nitrogens with one attached hydrogen (secondary N) is 1. The molecule has 1 N–H and O–H groups in total. The first kappa shape index (κ1) is 19.5. The third kappa shape index (κ3) is 4.13. The number of azo groups is 1. The molecule has 0 aromatic heterocycles. The van der Waals surface area contributed by atoms with E-state index in [-0.39, 0.29) is 11.3 Å². The number of anilines is 1. The zero-order valence-corrected chi connectivity index (χ0v) is 16.4. The molecule has 0 radical (unpaired) electrons. The Morgan fingerprint density at radius 3 is 2.40 bits per heavy atom. The number of non-ortho nitro benzene ring substituents is 1. The summed E-state index contributed by atoms with van der Waals surface area (Å²) in [5.74, 6) is 0. The van der Waals surface area contributed by atoms with Gasteiger partial charge in [0.05, 0.1) is 16.2 Å². The zero-order chi connectivity index (χ0) is 20.9. The summed E-state index contributed by atoms with van der Waals surface area (Å²) >= 11 is 0. The Labute approximate surface area is 174 Å². The first-order chi connectivity index (χ1) is 14.7. The van der Waals surface area contributed by atoms with Gasteiger partial charge in [-0.05, 0) is 31.0 Å². The predicted octanol–water partition coefficient (Wildman–Crippen LogP) is 6.78. The minimum atomic E-state index is -0.534. The predicted molar refractivity (Wildman–Crippen MR) is 116 cm³/mol. The van der Waals surface area contributed by atoms with E-state index in [0.717, 1.165) is 16.5 Å². The molecule has 0 aliphatic heterocycles. The molecule has 0 spiro atoms. The van der Waals surface area contributed by atoms with E-state index < -0.39 is 4.92 Å². The summed E-state index contributed by atoms with van der Waals surface area (Å²) in [6.07, 6.45) is 6.21. The summed E-state index contributed by atoms with van der Waals surface area (Å²) in [6.45, 7) is 0. The van der Waals surface area contributed by atoms with Gasteiger partial charge in [-0.2, -0.15) is 5.26 Å². The molecular weight excluding hydrogens is 378 g/mol. The standard InChI is InChI=1S/C23H21N5O2/c24-15-16-14-18(28(29)30)10-11-21(16)26-27-23-13-12-22(19-8-4-5-9-20(19)23)25-17-6-2-1-3-7-17/h4-5,8-14,17,25H,1-3,6-7H2. The van der Waals surface area contributed by atoms with Crippen LogP contribution in [0.5, 0.6) is 0 Å². The minimum absolute atomic E-state index is 0.118. The van der Waals surface area contributed by atoms with Crippen LogP contribution in [0.25, 0.3) is 10.8 Å². The van der Waals surface area contributed by atoms with Gasteiger partial charge in [-0.1, -0.05) is 43.5 Å². The highest BCUT2D eigenvalue weighted by atomic mass is 16.6. The maximum Gasteiger partial charge on any atom is 0.270 e. The van der Waals surface area contributed by atoms with Crippen molar-refractivity contribution in [3.63, 3.8) is 0 Å². The van der Waals surface area contributed by atoms with Crippen LogP contribution in [-0.2, 0) is 0 Å². The van der Waals surface area contributed by atoms with E-state index in [2.05, 4.69) is 21.6 Å². The van der Waals surface area contributed by atoms with E-state index >= 15 is 0 Å². The quantitative estimate of drug-likeness (QED) is 0.290. The van der Waals surface area contributed by atoms with Crippen LogP contribution in [0.15, 0.2) is 64.8 Å². The zero-order valence-electron chi connectivity index (χ0n) is 16.4. The Kier molecular flexibility index (Phi) is 5.66. The fourth-order valence-electron chi connectivity index (χ4n) is 3.89. The van der Waals surface area contributed by atoms with Gasteiger partial charge in [-0.25, -0.2) is 0 Å². The third-order valence-corrected chi connectivity index (χ3v) is 5.44. The first-order valence-corrected chi connectivity index (χ1v) is 10.0. The molecule has 0 amide bonds. The molecule has 0 heterocycles. The van der Waals surface area contributed by atoms with Crippen LogP contribution in [0, 0.1) is 21.4 Å². The molecule has 3 aromatic carbocycles. The number of hydrogen-bond acceptors (Lipinski definition) is 6. The van der Waals surface area contributed by atoms with Crippen LogP contribution in [0.4, 0.5) is 22.7 Å². The van der Waals surface area contributed by atoms with Crippen molar-refractivity contribution >= 4 is 33.5 Å². The molecule has 0 unspecified atom stereocenters. The van der Waals surface area contributed by atoms with Gasteiger partial charge in [0.15, 0.2) is 0 Å². The fraction of sp³-hybridized carbons (Fsp3) is 0.261. The number of hydrogen-bond donors (Lipinski definition) is 1. The lowest BCUT2D eigenvalue weighted by molar-refractivity contribution is -0.384. The summed E-state index contributed by atoms with van der Waals surface area (Å²) in [4.78, 5) is 10.4. The summed E-state index contributed by atoms with van der Waals surface area (Å²) in [7, 11) is 0. The SMILES string of the molecule is N#Cc1cc([N+](=O)[O-])ccc1N=Nc1ccc(NC2CCCCC2)c2ccccc12. The number of nitrogens with zero attached hydrogens (tertiary/aromatic N) is 4. The molecule has 1 fully saturated rings. The van der Waals surface area contributed by atoms with Gasteiger partial charge in [0, 0.05) is 34.6 Å². The molecule has 7 heteroatoms. The van der Waals surface area contributed by atoms with Gasteiger partial charge in [0.25, 0.3) is 5.69 Å². The van der Waals surface area contributed by atoms with Crippen molar-refractivity contribution < 1.29 is 4.92 Å². The highest BCUT2D eigenvalue weighted by Crippen LogP contribution is 2.35. The first-order valence-electron chi connectivity index (χ1n) is 10.0. The Morgan fingerprint density at radius 1 is 0.967 bits per heavy atom. The Morgan fingerprint density at radius 2 is 1.67 bits per heavy atom. The van der Waals surface area contributed by atoms with E-state index in [9.17, 15) is 15.4 Å². The van der Waals surface area contributed by atoms with E-state index in [4.69, 9.17) is 0 Å². The molecule has 150 valence electrons. The van der Waals surface area contributed by atoms with Gasteiger partial charge < -0.3 is 5.32 Å². The lowest BCUT2D eigenvalue weighted by Gasteiger charge is -2.24. The second-order valence-corrected chi connectivity index (χ2v) is 7.43. The molecule has 3 aromatic rings. The number of nitriles is 1. The van der Waals surface area contributed by atoms with Crippen molar-refractivity contribution in [1.82, 2.24) is 0 Å². The van der Waals surface area contributed by atoms with Crippen molar-refractivity contribution in [3.05, 3.63) is 70.3 Å². The maximum atomic E-state index is 10.9. The van der Waals surface area contributed by atoms with Gasteiger partial charge in [0.1, 0.15) is 11.8 Å². The van der Waals surface area contributed by atoms with E-state index in [1.165, 1.54) is 50.3 Å². The summed E-state index contributed by atoms with van der Waals surface area (Å²) in [5, 5.41) is 34.5. The Hall–Kier alpha value is -3.79. The van der Waals surface area contributed by atoms with Crippen LogP contribution in [0.1, 0.15) is 37.7 Å². The molecule has 0 atom stereocenters. The highest BCUT2D eigenvalue weighted by Gasteiger charge is 2.15. The molecule has 0 saturated heterocycles. The molecule has 7 nitrogen and oxygen atoms in total. The summed E-state index contributed by atoms with van der Waals surface area (Å²) in [5.41, 5.74) is 2.05. The van der Waals surface area contributed by atoms with Crippen LogP contribution in [0.2, 0.25) is 0 Å². The van der Waals surface area contributed by atoms with E-state index in [0.29, 0.717) is 17.4 Å². The van der Waals surface area contributed by atoms with Crippen molar-refractivity contribution in [2.24, 2.45) is 10.2 Å². The molecule has 1 saturated carbocycles. The topological polar surface area (TPSA) is 104 Å². The second kappa shape index (κ2) is 8.70. The van der Waals surface area contributed by atoms with Crippen molar-refractivity contribution in [3.8, 4) is 6.07 Å². The Balaban J connectivity index is 1.66. The largest absolute Gasteiger partial charge is 0.382 e. The molecule has 30 heavy (non-hydrogen) atoms. The van der Waals surface area contributed by atoms with Crippen molar-refractivity contribution in [2.75, 3.05) is 5.32 Å². The number of nitro groups is 1. The molecule has 1 aliphatic carbocycles. The molecule has 1 aliphatic rings. The molecular formula is C23H21N5O2. The minimum Gasteiger partial charge on any atom is -0.382 e. The van der Waals surface area contributed by atoms with Crippen LogP contribution >= 0.6 is 0 Å². The van der Waals surface area contributed by atoms with Gasteiger partial charge in [0.2, 0.25) is 0 Å². The summed E-state index contributed by atoms with van der Waals surface area (Å²) in [6, 6.07) is 18.4. The van der Waals surface area contributed by atoms with Crippen LogP contribution in [-0.4, -0.2) is 11.0 Å². The van der Waals surface area contributed by atoms with Crippen LogP contribution < -0.4 is 5.32 Å². The van der Waals surface area contributed by atoms with Crippen molar-refractivity contribution in [2.45, 2.75) is 38.1 Å². The van der Waals surface area contributed by atoms with Crippen LogP contribution in [0.3, 0.4) is 0 Å². The summed E-state index contributed by atoms with van der Waals surface area (Å²) < 4.78 is 0. The molecule has 0 bridgehead atoms. The van der Waals surface area contributed by atoms with Gasteiger partial charge in [-0.3, -0.25) is 10.1 Å².